The van der Waals surface area contributed by atoms with Crippen molar-refractivity contribution in [1.82, 2.24) is 9.88 Å². The number of aromatic nitrogens is 1. The van der Waals surface area contributed by atoms with Crippen LogP contribution in [-0.2, 0) is 16.0 Å². The zero-order chi connectivity index (χ0) is 21.8. The monoisotopic (exact) mass is 415 g/mol. The van der Waals surface area contributed by atoms with Gasteiger partial charge in [0.1, 0.15) is 11.5 Å². The molecule has 2 amide bonds. The molecule has 2 aromatic carbocycles. The molecular formula is C25H22FN3O2. The molecule has 0 saturated heterocycles. The van der Waals surface area contributed by atoms with Gasteiger partial charge in [0.05, 0.1) is 11.3 Å². The Balaban J connectivity index is 1.75. The maximum atomic E-state index is 13.8. The van der Waals surface area contributed by atoms with E-state index in [9.17, 15) is 14.0 Å². The molecule has 31 heavy (non-hydrogen) atoms. The maximum Gasteiger partial charge on any atom is 0.282 e. The van der Waals surface area contributed by atoms with Gasteiger partial charge in [-0.2, -0.15) is 0 Å². The molecule has 0 spiro atoms. The van der Waals surface area contributed by atoms with Crippen molar-refractivity contribution in [3.63, 3.8) is 0 Å². The molecule has 3 aromatic rings. The van der Waals surface area contributed by atoms with Gasteiger partial charge in [0.2, 0.25) is 0 Å². The van der Waals surface area contributed by atoms with Gasteiger partial charge < -0.3 is 4.90 Å². The van der Waals surface area contributed by atoms with Gasteiger partial charge in [0, 0.05) is 25.5 Å². The number of amides is 2. The van der Waals surface area contributed by atoms with Gasteiger partial charge in [-0.1, -0.05) is 36.4 Å². The van der Waals surface area contributed by atoms with E-state index in [1.54, 1.807) is 18.5 Å². The van der Waals surface area contributed by atoms with Crippen LogP contribution in [0.4, 0.5) is 10.1 Å². The lowest BCUT2D eigenvalue weighted by molar-refractivity contribution is -0.120. The molecule has 5 nitrogen and oxygen atoms in total. The molecule has 0 radical (unpaired) electrons. The average molecular weight is 415 g/mol. The van der Waals surface area contributed by atoms with Gasteiger partial charge in [-0.3, -0.25) is 14.6 Å². The SMILES string of the molecule is CCN(CCc1ccncc1)C1=C(c2ccccc2)C(=O)N(c2cccc(F)c2)C1=O. The lowest BCUT2D eigenvalue weighted by atomic mass is 10.0. The molecule has 4 rings (SSSR count). The quantitative estimate of drug-likeness (QED) is 0.546. The summed E-state index contributed by atoms with van der Waals surface area (Å²) in [6.07, 6.45) is 4.16. The van der Waals surface area contributed by atoms with Crippen LogP contribution in [0.25, 0.3) is 5.57 Å². The summed E-state index contributed by atoms with van der Waals surface area (Å²) >= 11 is 0. The summed E-state index contributed by atoms with van der Waals surface area (Å²) in [5.41, 5.74) is 2.67. The number of benzene rings is 2. The van der Waals surface area contributed by atoms with E-state index >= 15 is 0 Å². The van der Waals surface area contributed by atoms with E-state index in [0.29, 0.717) is 36.3 Å². The summed E-state index contributed by atoms with van der Waals surface area (Å²) in [6.45, 7) is 3.06. The fourth-order valence-electron chi connectivity index (χ4n) is 3.77. The number of anilines is 1. The Hall–Kier alpha value is -3.80. The van der Waals surface area contributed by atoms with Crippen molar-refractivity contribution in [2.45, 2.75) is 13.3 Å². The summed E-state index contributed by atoms with van der Waals surface area (Å²) < 4.78 is 13.8. The first-order valence-electron chi connectivity index (χ1n) is 10.2. The van der Waals surface area contributed by atoms with Gasteiger partial charge in [-0.25, -0.2) is 9.29 Å². The number of likely N-dealkylation sites (N-methyl/N-ethyl adjacent to an activating group) is 1. The zero-order valence-corrected chi connectivity index (χ0v) is 17.2. The van der Waals surface area contributed by atoms with Gasteiger partial charge in [-0.15, -0.1) is 0 Å². The topological polar surface area (TPSA) is 53.5 Å². The van der Waals surface area contributed by atoms with Crippen LogP contribution in [0.15, 0.2) is 84.8 Å². The van der Waals surface area contributed by atoms with E-state index in [0.717, 1.165) is 10.5 Å². The second-order valence-corrected chi connectivity index (χ2v) is 7.20. The fourth-order valence-corrected chi connectivity index (χ4v) is 3.77. The van der Waals surface area contributed by atoms with E-state index in [1.807, 2.05) is 54.3 Å². The van der Waals surface area contributed by atoms with Crippen LogP contribution in [0.3, 0.4) is 0 Å². The highest BCUT2D eigenvalue weighted by Gasteiger charge is 2.42. The molecule has 0 saturated carbocycles. The molecule has 0 N–H and O–H groups in total. The Kier molecular flexibility index (Phi) is 5.89. The minimum absolute atomic E-state index is 0.226. The normalized spacial score (nSPS) is 13.8. The number of carbonyl (C=O) groups excluding carboxylic acids is 2. The molecule has 156 valence electrons. The summed E-state index contributed by atoms with van der Waals surface area (Å²) in [5, 5.41) is 0. The Morgan fingerprint density at radius 1 is 0.935 bits per heavy atom. The lowest BCUT2D eigenvalue weighted by Crippen LogP contribution is -2.36. The van der Waals surface area contributed by atoms with Crippen LogP contribution >= 0.6 is 0 Å². The smallest absolute Gasteiger partial charge is 0.282 e. The highest BCUT2D eigenvalue weighted by atomic mass is 19.1. The summed E-state index contributed by atoms with van der Waals surface area (Å²) in [4.78, 5) is 33.9. The van der Waals surface area contributed by atoms with E-state index in [-0.39, 0.29) is 5.69 Å². The number of hydrogen-bond donors (Lipinski definition) is 0. The molecule has 0 bridgehead atoms. The van der Waals surface area contributed by atoms with Crippen molar-refractivity contribution in [3.05, 3.63) is 102 Å². The molecule has 0 aliphatic carbocycles. The minimum Gasteiger partial charge on any atom is -0.366 e. The number of imide groups is 1. The van der Waals surface area contributed by atoms with Crippen LogP contribution in [0.1, 0.15) is 18.1 Å². The third kappa shape index (κ3) is 4.10. The second kappa shape index (κ2) is 8.92. The Morgan fingerprint density at radius 2 is 1.68 bits per heavy atom. The van der Waals surface area contributed by atoms with Crippen molar-refractivity contribution in [1.29, 1.82) is 0 Å². The average Bonchev–Trinajstić information content (AvgIpc) is 3.05. The molecule has 1 aliphatic rings. The van der Waals surface area contributed by atoms with Gasteiger partial charge in [-0.05, 0) is 54.8 Å². The Morgan fingerprint density at radius 3 is 2.35 bits per heavy atom. The number of carbonyl (C=O) groups is 2. The van der Waals surface area contributed by atoms with E-state index in [2.05, 4.69) is 4.98 Å². The van der Waals surface area contributed by atoms with E-state index in [4.69, 9.17) is 0 Å². The highest BCUT2D eigenvalue weighted by molar-refractivity contribution is 6.45. The molecule has 1 aromatic heterocycles. The summed E-state index contributed by atoms with van der Waals surface area (Å²) in [5.74, 6) is -1.39. The molecule has 1 aliphatic heterocycles. The van der Waals surface area contributed by atoms with Gasteiger partial charge in [0.25, 0.3) is 11.8 Å². The van der Waals surface area contributed by atoms with Crippen molar-refractivity contribution >= 4 is 23.1 Å². The summed E-state index contributed by atoms with van der Waals surface area (Å²) in [6, 6.07) is 18.6. The molecule has 0 atom stereocenters. The number of hydrogen-bond acceptors (Lipinski definition) is 4. The van der Waals surface area contributed by atoms with E-state index < -0.39 is 17.6 Å². The van der Waals surface area contributed by atoms with E-state index in [1.165, 1.54) is 18.2 Å². The minimum atomic E-state index is -0.502. The van der Waals surface area contributed by atoms with Crippen LogP contribution in [0.2, 0.25) is 0 Å². The van der Waals surface area contributed by atoms with Crippen molar-refractivity contribution in [2.75, 3.05) is 18.0 Å². The number of halogens is 1. The third-order valence-corrected chi connectivity index (χ3v) is 5.31. The fraction of sp³-hybridized carbons (Fsp3) is 0.160. The van der Waals surface area contributed by atoms with Crippen molar-refractivity contribution in [3.8, 4) is 0 Å². The Labute approximate surface area is 180 Å². The molecule has 0 unspecified atom stereocenters. The Bertz CT molecular complexity index is 1130. The predicted octanol–water partition coefficient (Wildman–Crippen LogP) is 4.07. The van der Waals surface area contributed by atoms with Crippen LogP contribution in [-0.4, -0.2) is 34.8 Å². The first-order chi connectivity index (χ1) is 15.1. The van der Waals surface area contributed by atoms with Gasteiger partial charge in [0.15, 0.2) is 0 Å². The number of pyridine rings is 1. The zero-order valence-electron chi connectivity index (χ0n) is 17.2. The largest absolute Gasteiger partial charge is 0.366 e. The standard InChI is InChI=1S/C25H22FN3O2/c1-2-28(16-13-18-11-14-27-15-12-18)23-22(19-7-4-3-5-8-19)24(30)29(25(23)31)21-10-6-9-20(26)17-21/h3-12,14-15,17H,2,13,16H2,1H3. The first kappa shape index (κ1) is 20.5. The first-order valence-corrected chi connectivity index (χ1v) is 10.2. The van der Waals surface area contributed by atoms with Crippen LogP contribution < -0.4 is 4.90 Å². The van der Waals surface area contributed by atoms with Crippen molar-refractivity contribution in [2.24, 2.45) is 0 Å². The van der Waals surface area contributed by atoms with Crippen LogP contribution in [0, 0.1) is 5.82 Å². The van der Waals surface area contributed by atoms with Gasteiger partial charge >= 0.3 is 0 Å². The molecular weight excluding hydrogens is 393 g/mol. The molecule has 2 heterocycles. The third-order valence-electron chi connectivity index (χ3n) is 5.31. The molecule has 0 fully saturated rings. The number of nitrogens with zero attached hydrogens (tertiary/aromatic N) is 3. The number of rotatable bonds is 7. The summed E-state index contributed by atoms with van der Waals surface area (Å²) in [7, 11) is 0. The predicted molar refractivity (Wildman–Crippen MR) is 117 cm³/mol. The van der Waals surface area contributed by atoms with Crippen molar-refractivity contribution < 1.29 is 14.0 Å². The lowest BCUT2D eigenvalue weighted by Gasteiger charge is -2.25. The van der Waals surface area contributed by atoms with Crippen LogP contribution in [0.5, 0.6) is 0 Å². The second-order valence-electron chi connectivity index (χ2n) is 7.20. The maximum absolute atomic E-state index is 13.8. The molecule has 6 heteroatoms. The highest BCUT2D eigenvalue weighted by Crippen LogP contribution is 2.35.